The first-order chi connectivity index (χ1) is 13.9. The average Bonchev–Trinajstić information content (AvgIpc) is 2.72. The minimum atomic E-state index is -3.74. The number of hydrogen-bond acceptors (Lipinski definition) is 4. The van der Waals surface area contributed by atoms with Crippen LogP contribution in [0.5, 0.6) is 0 Å². The summed E-state index contributed by atoms with van der Waals surface area (Å²) in [5.74, 6) is -0.674. The van der Waals surface area contributed by atoms with Gasteiger partial charge in [-0.05, 0) is 24.3 Å². The van der Waals surface area contributed by atoms with Crippen LogP contribution in [0.15, 0.2) is 58.4 Å². The summed E-state index contributed by atoms with van der Waals surface area (Å²) in [7, 11) is -2.11. The van der Waals surface area contributed by atoms with Gasteiger partial charge >= 0.3 is 0 Å². The Balaban J connectivity index is 0.00000320. The van der Waals surface area contributed by atoms with E-state index in [-0.39, 0.29) is 47.0 Å². The molecule has 0 saturated carbocycles. The molecule has 0 unspecified atom stereocenters. The zero-order valence-corrected chi connectivity index (χ0v) is 19.7. The molecule has 0 aliphatic carbocycles. The molecule has 0 radical (unpaired) electrons. The van der Waals surface area contributed by atoms with Gasteiger partial charge in [0.25, 0.3) is 0 Å². The van der Waals surface area contributed by atoms with Gasteiger partial charge < -0.3 is 15.1 Å². The molecule has 1 N–H and O–H groups in total. The zero-order valence-electron chi connectivity index (χ0n) is 16.6. The van der Waals surface area contributed by atoms with Crippen LogP contribution in [0.1, 0.15) is 0 Å². The Hall–Kier alpha value is -1.95. The third kappa shape index (κ3) is 5.81. The van der Waals surface area contributed by atoms with E-state index >= 15 is 0 Å². The summed E-state index contributed by atoms with van der Waals surface area (Å²) in [6.07, 6.45) is 0. The highest BCUT2D eigenvalue weighted by Gasteiger charge is 2.22. The van der Waals surface area contributed by atoms with Crippen LogP contribution >= 0.6 is 24.0 Å². The van der Waals surface area contributed by atoms with Gasteiger partial charge in [-0.15, -0.1) is 24.0 Å². The minimum Gasteiger partial charge on any atom is -0.366 e. The average molecular weight is 550 g/mol. The van der Waals surface area contributed by atoms with Gasteiger partial charge in [-0.1, -0.05) is 24.3 Å². The number of hydrogen-bond donors (Lipinski definition) is 1. The second-order valence-electron chi connectivity index (χ2n) is 6.65. The number of halogens is 3. The van der Waals surface area contributed by atoms with E-state index < -0.39 is 15.7 Å². The Labute approximate surface area is 192 Å². The maximum atomic E-state index is 14.0. The van der Waals surface area contributed by atoms with Crippen molar-refractivity contribution in [3.63, 3.8) is 0 Å². The van der Waals surface area contributed by atoms with Gasteiger partial charge in [0.1, 0.15) is 16.5 Å². The van der Waals surface area contributed by atoms with Gasteiger partial charge in [0.05, 0.1) is 11.4 Å². The fraction of sp³-hybridized carbons (Fsp3) is 0.350. The number of anilines is 1. The van der Waals surface area contributed by atoms with Crippen molar-refractivity contribution < 1.29 is 17.2 Å². The monoisotopic (exact) mass is 550 g/mol. The smallest absolute Gasteiger partial charge is 0.193 e. The Morgan fingerprint density at radius 2 is 1.60 bits per heavy atom. The molecule has 0 spiro atoms. The van der Waals surface area contributed by atoms with Crippen molar-refractivity contribution in [3.05, 3.63) is 60.2 Å². The lowest BCUT2D eigenvalue weighted by atomic mass is 10.2. The molecular weight excluding hydrogens is 525 g/mol. The van der Waals surface area contributed by atoms with E-state index in [1.807, 2.05) is 9.80 Å². The Morgan fingerprint density at radius 3 is 2.20 bits per heavy atom. The molecule has 1 heterocycles. The first kappa shape index (κ1) is 24.3. The number of nitrogens with one attached hydrogen (secondary N) is 1. The van der Waals surface area contributed by atoms with Crippen molar-refractivity contribution in [2.24, 2.45) is 4.99 Å². The van der Waals surface area contributed by atoms with Gasteiger partial charge in [-0.25, -0.2) is 17.2 Å². The summed E-state index contributed by atoms with van der Waals surface area (Å²) >= 11 is 0. The number of sulfone groups is 1. The van der Waals surface area contributed by atoms with E-state index in [0.29, 0.717) is 37.8 Å². The van der Waals surface area contributed by atoms with Crippen molar-refractivity contribution >= 4 is 45.5 Å². The van der Waals surface area contributed by atoms with Crippen molar-refractivity contribution in [2.75, 3.05) is 50.4 Å². The van der Waals surface area contributed by atoms with Crippen molar-refractivity contribution in [3.8, 4) is 0 Å². The number of guanidine groups is 1. The van der Waals surface area contributed by atoms with E-state index in [1.165, 1.54) is 24.3 Å². The third-order valence-electron chi connectivity index (χ3n) is 4.81. The van der Waals surface area contributed by atoms with Crippen molar-refractivity contribution in [1.82, 2.24) is 10.2 Å². The highest BCUT2D eigenvalue weighted by Crippen LogP contribution is 2.20. The van der Waals surface area contributed by atoms with Crippen molar-refractivity contribution in [1.29, 1.82) is 0 Å². The second kappa shape index (κ2) is 10.9. The van der Waals surface area contributed by atoms with Gasteiger partial charge in [-0.2, -0.15) is 0 Å². The summed E-state index contributed by atoms with van der Waals surface area (Å²) in [5.41, 5.74) is 0.575. The van der Waals surface area contributed by atoms with E-state index in [9.17, 15) is 17.2 Å². The number of rotatable bonds is 5. The van der Waals surface area contributed by atoms with Crippen LogP contribution in [0.3, 0.4) is 0 Å². The quantitative estimate of drug-likeness (QED) is 0.353. The molecule has 1 fully saturated rings. The molecule has 1 aliphatic heterocycles. The largest absolute Gasteiger partial charge is 0.366 e. The molecule has 6 nitrogen and oxygen atoms in total. The maximum absolute atomic E-state index is 14.0. The molecule has 30 heavy (non-hydrogen) atoms. The lowest BCUT2D eigenvalue weighted by Crippen LogP contribution is -2.53. The highest BCUT2D eigenvalue weighted by molar-refractivity contribution is 14.0. The van der Waals surface area contributed by atoms with E-state index in [2.05, 4.69) is 10.3 Å². The molecule has 0 amide bonds. The summed E-state index contributed by atoms with van der Waals surface area (Å²) in [4.78, 5) is 7.88. The molecular formula is C20H25F2IN4O2S. The van der Waals surface area contributed by atoms with Crippen molar-refractivity contribution in [2.45, 2.75) is 4.90 Å². The Bertz CT molecular complexity index is 980. The molecule has 0 atom stereocenters. The summed E-state index contributed by atoms with van der Waals surface area (Å²) in [6.45, 7) is 2.59. The molecule has 10 heteroatoms. The molecule has 0 aromatic heterocycles. The lowest BCUT2D eigenvalue weighted by molar-refractivity contribution is 0.372. The molecule has 2 aromatic rings. The number of benzene rings is 2. The van der Waals surface area contributed by atoms with Crippen LogP contribution < -0.4 is 10.2 Å². The first-order valence-corrected chi connectivity index (χ1v) is 11.0. The predicted octanol–water partition coefficient (Wildman–Crippen LogP) is 2.75. The van der Waals surface area contributed by atoms with Gasteiger partial charge in [0.15, 0.2) is 15.8 Å². The molecule has 2 aromatic carbocycles. The van der Waals surface area contributed by atoms with Crippen LogP contribution in [0.2, 0.25) is 0 Å². The Kier molecular flexibility index (Phi) is 8.83. The fourth-order valence-corrected chi connectivity index (χ4v) is 4.55. The van der Waals surface area contributed by atoms with E-state index in [1.54, 1.807) is 25.2 Å². The van der Waals surface area contributed by atoms with Crippen LogP contribution in [-0.2, 0) is 9.84 Å². The van der Waals surface area contributed by atoms with Crippen LogP contribution in [-0.4, -0.2) is 64.8 Å². The summed E-state index contributed by atoms with van der Waals surface area (Å²) in [5, 5.41) is 3.03. The molecule has 3 rings (SSSR count). The molecule has 1 aliphatic rings. The molecule has 1 saturated heterocycles. The zero-order chi connectivity index (χ0) is 20.9. The van der Waals surface area contributed by atoms with Crippen LogP contribution in [0.25, 0.3) is 0 Å². The van der Waals surface area contributed by atoms with Crippen LogP contribution in [0, 0.1) is 11.6 Å². The number of aliphatic imine (C=N–C) groups is 1. The van der Waals surface area contributed by atoms with Gasteiger partial charge in [0, 0.05) is 39.8 Å². The summed E-state index contributed by atoms with van der Waals surface area (Å²) in [6, 6.07) is 12.0. The summed E-state index contributed by atoms with van der Waals surface area (Å²) < 4.78 is 52.4. The molecule has 0 bridgehead atoms. The number of para-hydroxylation sites is 1. The first-order valence-electron chi connectivity index (χ1n) is 9.35. The van der Waals surface area contributed by atoms with Gasteiger partial charge in [0.2, 0.25) is 0 Å². The molecule has 164 valence electrons. The highest BCUT2D eigenvalue weighted by atomic mass is 127. The number of piperazine rings is 1. The third-order valence-corrected chi connectivity index (χ3v) is 6.55. The van der Waals surface area contributed by atoms with E-state index in [4.69, 9.17) is 0 Å². The lowest BCUT2D eigenvalue weighted by Gasteiger charge is -2.37. The Morgan fingerprint density at radius 1 is 1.00 bits per heavy atom. The maximum Gasteiger partial charge on any atom is 0.193 e. The van der Waals surface area contributed by atoms with E-state index in [0.717, 1.165) is 6.07 Å². The topological polar surface area (TPSA) is 65.0 Å². The minimum absolute atomic E-state index is 0. The SMILES string of the molecule is CN=C(NCCS(=O)(=O)c1ccccc1F)N1CCN(c2ccccc2F)CC1.I. The van der Waals surface area contributed by atoms with Crippen LogP contribution in [0.4, 0.5) is 14.5 Å². The normalized spacial score (nSPS) is 15.0. The fourth-order valence-electron chi connectivity index (χ4n) is 3.30. The van der Waals surface area contributed by atoms with Gasteiger partial charge in [-0.3, -0.25) is 4.99 Å². The second-order valence-corrected chi connectivity index (χ2v) is 8.73. The predicted molar refractivity (Wildman–Crippen MR) is 125 cm³/mol. The number of nitrogens with zero attached hydrogens (tertiary/aromatic N) is 3. The standard InChI is InChI=1S/C20H24F2N4O2S.HI/c1-23-20(24-10-15-29(27,28)19-9-5-3-7-17(19)22)26-13-11-25(12-14-26)18-8-4-2-6-16(18)21;/h2-9H,10-15H2,1H3,(H,23,24);1H.